The van der Waals surface area contributed by atoms with Crippen molar-refractivity contribution in [1.29, 1.82) is 0 Å². The molecule has 1 amide bonds. The molecule has 0 radical (unpaired) electrons. The summed E-state index contributed by atoms with van der Waals surface area (Å²) >= 11 is 6.00. The molecule has 0 N–H and O–H groups in total. The van der Waals surface area contributed by atoms with Gasteiger partial charge in [-0.05, 0) is 54.8 Å². The first-order chi connectivity index (χ1) is 15.2. The highest BCUT2D eigenvalue weighted by atomic mass is 35.5. The molecular formula is C24H27ClN4O2. The normalized spacial score (nSPS) is 15.0. The standard InChI is InChI=1S/C24H27ClN4O2/c25-21-4-1-20(2-5-21)3-8-24(17-28-12-11-26-18-28)31-23-9-6-22(7-10-23)29-15-13-27(19-30)14-16-29/h1-2,4-7,9-12,18-19,24H,3,8,13-17H2. The molecule has 1 atom stereocenters. The highest BCUT2D eigenvalue weighted by Gasteiger charge is 2.16. The summed E-state index contributed by atoms with van der Waals surface area (Å²) in [4.78, 5) is 19.2. The summed E-state index contributed by atoms with van der Waals surface area (Å²) in [5.74, 6) is 0.858. The summed E-state index contributed by atoms with van der Waals surface area (Å²) in [6.45, 7) is 3.97. The fraction of sp³-hybridized carbons (Fsp3) is 0.333. The van der Waals surface area contributed by atoms with Crippen LogP contribution in [-0.2, 0) is 17.8 Å². The Labute approximate surface area is 188 Å². The van der Waals surface area contributed by atoms with Crippen LogP contribution in [0.1, 0.15) is 12.0 Å². The number of aromatic nitrogens is 2. The predicted molar refractivity (Wildman–Crippen MR) is 123 cm³/mol. The first-order valence-corrected chi connectivity index (χ1v) is 11.0. The van der Waals surface area contributed by atoms with Gasteiger partial charge in [-0.25, -0.2) is 4.98 Å². The Morgan fingerprint density at radius 2 is 1.77 bits per heavy atom. The van der Waals surface area contributed by atoms with Gasteiger partial charge in [-0.2, -0.15) is 0 Å². The molecule has 6 nitrogen and oxygen atoms in total. The third kappa shape index (κ3) is 6.01. The van der Waals surface area contributed by atoms with Gasteiger partial charge in [0, 0.05) is 49.3 Å². The summed E-state index contributed by atoms with van der Waals surface area (Å²) in [5, 5.41) is 0.752. The third-order valence-electron chi connectivity index (χ3n) is 5.61. The minimum atomic E-state index is 0.0202. The van der Waals surface area contributed by atoms with Crippen LogP contribution in [0.25, 0.3) is 0 Å². The number of carbonyl (C=O) groups is 1. The molecule has 4 rings (SSSR count). The second-order valence-corrected chi connectivity index (χ2v) is 8.22. The highest BCUT2D eigenvalue weighted by molar-refractivity contribution is 6.30. The molecule has 1 saturated heterocycles. The lowest BCUT2D eigenvalue weighted by atomic mass is 10.1. The van der Waals surface area contributed by atoms with Gasteiger partial charge in [0.15, 0.2) is 0 Å². The van der Waals surface area contributed by atoms with Gasteiger partial charge in [0.2, 0.25) is 6.41 Å². The zero-order valence-electron chi connectivity index (χ0n) is 17.4. The molecule has 0 saturated carbocycles. The predicted octanol–water partition coefficient (Wildman–Crippen LogP) is 3.90. The zero-order chi connectivity index (χ0) is 21.5. The van der Waals surface area contributed by atoms with Gasteiger partial charge in [0.1, 0.15) is 11.9 Å². The Morgan fingerprint density at radius 1 is 1.03 bits per heavy atom. The number of imidazole rings is 1. The quantitative estimate of drug-likeness (QED) is 0.475. The fourth-order valence-corrected chi connectivity index (χ4v) is 3.94. The third-order valence-corrected chi connectivity index (χ3v) is 5.86. The maximum atomic E-state index is 10.9. The van der Waals surface area contributed by atoms with E-state index in [4.69, 9.17) is 16.3 Å². The molecule has 2 heterocycles. The van der Waals surface area contributed by atoms with Crippen LogP contribution >= 0.6 is 11.6 Å². The Bertz CT molecular complexity index is 937. The average molecular weight is 439 g/mol. The van der Waals surface area contributed by atoms with Gasteiger partial charge in [-0.3, -0.25) is 4.79 Å². The summed E-state index contributed by atoms with van der Waals surface area (Å²) in [5.41, 5.74) is 2.40. The van der Waals surface area contributed by atoms with Crippen molar-refractivity contribution in [3.8, 4) is 5.75 Å². The van der Waals surface area contributed by atoms with Crippen molar-refractivity contribution in [1.82, 2.24) is 14.5 Å². The van der Waals surface area contributed by atoms with Gasteiger partial charge < -0.3 is 19.1 Å². The maximum absolute atomic E-state index is 10.9. The van der Waals surface area contributed by atoms with E-state index in [1.165, 1.54) is 5.56 Å². The van der Waals surface area contributed by atoms with Crippen molar-refractivity contribution in [3.05, 3.63) is 77.8 Å². The molecule has 162 valence electrons. The topological polar surface area (TPSA) is 50.6 Å². The number of amides is 1. The van der Waals surface area contributed by atoms with Gasteiger partial charge in [-0.1, -0.05) is 23.7 Å². The van der Waals surface area contributed by atoms with Gasteiger partial charge in [0.25, 0.3) is 0 Å². The summed E-state index contributed by atoms with van der Waals surface area (Å²) in [6.07, 6.45) is 8.31. The zero-order valence-corrected chi connectivity index (χ0v) is 18.2. The molecule has 1 fully saturated rings. The molecular weight excluding hydrogens is 412 g/mol. The first-order valence-electron chi connectivity index (χ1n) is 10.6. The molecule has 1 aromatic heterocycles. The first kappa shape index (κ1) is 21.2. The van der Waals surface area contributed by atoms with Crippen molar-refractivity contribution in [3.63, 3.8) is 0 Å². The van der Waals surface area contributed by atoms with Crippen LogP contribution < -0.4 is 9.64 Å². The highest BCUT2D eigenvalue weighted by Crippen LogP contribution is 2.23. The van der Waals surface area contributed by atoms with E-state index in [2.05, 4.69) is 34.1 Å². The largest absolute Gasteiger partial charge is 0.489 e. The fourth-order valence-electron chi connectivity index (χ4n) is 3.81. The van der Waals surface area contributed by atoms with E-state index in [1.807, 2.05) is 46.3 Å². The van der Waals surface area contributed by atoms with Crippen molar-refractivity contribution >= 4 is 23.7 Å². The molecule has 1 aliphatic heterocycles. The number of halogens is 1. The van der Waals surface area contributed by atoms with Crippen LogP contribution in [0.2, 0.25) is 5.02 Å². The van der Waals surface area contributed by atoms with Gasteiger partial charge in [0.05, 0.1) is 12.9 Å². The van der Waals surface area contributed by atoms with Crippen LogP contribution in [0.5, 0.6) is 5.75 Å². The van der Waals surface area contributed by atoms with Crippen LogP contribution in [0, 0.1) is 0 Å². The number of hydrogen-bond donors (Lipinski definition) is 0. The molecule has 31 heavy (non-hydrogen) atoms. The molecule has 3 aromatic rings. The number of anilines is 1. The molecule has 1 unspecified atom stereocenters. The minimum absolute atomic E-state index is 0.0202. The maximum Gasteiger partial charge on any atom is 0.209 e. The lowest BCUT2D eigenvalue weighted by molar-refractivity contribution is -0.118. The lowest BCUT2D eigenvalue weighted by Crippen LogP contribution is -2.45. The minimum Gasteiger partial charge on any atom is -0.489 e. The van der Waals surface area contributed by atoms with Crippen LogP contribution in [0.4, 0.5) is 5.69 Å². The van der Waals surface area contributed by atoms with E-state index >= 15 is 0 Å². The second-order valence-electron chi connectivity index (χ2n) is 7.79. The van der Waals surface area contributed by atoms with Crippen LogP contribution in [0.15, 0.2) is 67.3 Å². The summed E-state index contributed by atoms with van der Waals surface area (Å²) in [7, 11) is 0. The molecule has 2 aromatic carbocycles. The van der Waals surface area contributed by atoms with Crippen molar-refractivity contribution in [2.75, 3.05) is 31.1 Å². The van der Waals surface area contributed by atoms with E-state index in [9.17, 15) is 4.79 Å². The molecule has 0 bridgehead atoms. The number of benzene rings is 2. The van der Waals surface area contributed by atoms with E-state index < -0.39 is 0 Å². The Hall–Kier alpha value is -2.99. The van der Waals surface area contributed by atoms with Crippen molar-refractivity contribution in [2.24, 2.45) is 0 Å². The summed E-state index contributed by atoms with van der Waals surface area (Å²) < 4.78 is 8.41. The van der Waals surface area contributed by atoms with E-state index in [0.29, 0.717) is 0 Å². The Balaban J connectivity index is 1.38. The molecule has 0 spiro atoms. The Morgan fingerprint density at radius 3 is 2.42 bits per heavy atom. The molecule has 7 heteroatoms. The number of aryl methyl sites for hydroxylation is 1. The molecule has 1 aliphatic rings. The number of carbonyl (C=O) groups excluding carboxylic acids is 1. The second kappa shape index (κ2) is 10.4. The SMILES string of the molecule is O=CN1CCN(c2ccc(OC(CCc3ccc(Cl)cc3)Cn3ccnc3)cc2)CC1. The van der Waals surface area contributed by atoms with E-state index in [0.717, 1.165) is 68.4 Å². The smallest absolute Gasteiger partial charge is 0.209 e. The van der Waals surface area contributed by atoms with Crippen molar-refractivity contribution < 1.29 is 9.53 Å². The molecule has 0 aliphatic carbocycles. The van der Waals surface area contributed by atoms with E-state index in [1.54, 1.807) is 6.20 Å². The van der Waals surface area contributed by atoms with Gasteiger partial charge in [-0.15, -0.1) is 0 Å². The van der Waals surface area contributed by atoms with Gasteiger partial charge >= 0.3 is 0 Å². The van der Waals surface area contributed by atoms with E-state index in [-0.39, 0.29) is 6.10 Å². The number of ether oxygens (including phenoxy) is 1. The number of hydrogen-bond acceptors (Lipinski definition) is 4. The Kier molecular flexibility index (Phi) is 7.10. The summed E-state index contributed by atoms with van der Waals surface area (Å²) in [6, 6.07) is 16.2. The average Bonchev–Trinajstić information content (AvgIpc) is 3.32. The van der Waals surface area contributed by atoms with Crippen molar-refractivity contribution in [2.45, 2.75) is 25.5 Å². The lowest BCUT2D eigenvalue weighted by Gasteiger charge is -2.34. The number of rotatable bonds is 9. The monoisotopic (exact) mass is 438 g/mol. The number of piperazine rings is 1. The number of nitrogens with zero attached hydrogens (tertiary/aromatic N) is 4. The van der Waals surface area contributed by atoms with Crippen LogP contribution in [0.3, 0.4) is 0 Å². The van der Waals surface area contributed by atoms with Crippen LogP contribution in [-0.4, -0.2) is 53.1 Å².